The molecule has 0 aliphatic heterocycles. The van der Waals surface area contributed by atoms with Crippen molar-refractivity contribution in [3.05, 3.63) is 28.9 Å². The number of aromatic nitrogens is 1. The third kappa shape index (κ3) is 1.28. The molecule has 0 radical (unpaired) electrons. The molecule has 2 nitrogen and oxygen atoms in total. The topological polar surface area (TPSA) is 36.7 Å². The van der Waals surface area contributed by atoms with Crippen LogP contribution in [0.4, 0.5) is 0 Å². The van der Waals surface area contributed by atoms with Crippen LogP contribution in [0, 0.1) is 11.3 Å². The van der Waals surface area contributed by atoms with Gasteiger partial charge in [0.25, 0.3) is 0 Å². The second-order valence-electron chi connectivity index (χ2n) is 3.49. The molecule has 2 aromatic rings. The Morgan fingerprint density at radius 2 is 2.29 bits per heavy atom. The number of thiophene rings is 1. The Balaban J connectivity index is 2.81. The van der Waals surface area contributed by atoms with Crippen LogP contribution >= 0.6 is 11.3 Å². The van der Waals surface area contributed by atoms with Crippen molar-refractivity contribution in [2.75, 3.05) is 0 Å². The molecule has 3 heteroatoms. The Bertz CT molecular complexity index is 505. The standard InChI is InChI=1S/C11H10N2S/c1-7(2)10-9(5-12)11-8(6-13-10)3-4-14-11/h3-4,6-7H,1-2H3. The summed E-state index contributed by atoms with van der Waals surface area (Å²) in [6.45, 7) is 4.12. The van der Waals surface area contributed by atoms with Gasteiger partial charge in [0.15, 0.2) is 0 Å². The molecule has 0 saturated carbocycles. The highest BCUT2D eigenvalue weighted by Crippen LogP contribution is 2.28. The highest BCUT2D eigenvalue weighted by Gasteiger charge is 2.12. The van der Waals surface area contributed by atoms with E-state index in [1.54, 1.807) is 11.3 Å². The summed E-state index contributed by atoms with van der Waals surface area (Å²) in [6, 6.07) is 4.25. The van der Waals surface area contributed by atoms with Crippen molar-refractivity contribution < 1.29 is 0 Å². The Labute approximate surface area is 86.8 Å². The Morgan fingerprint density at radius 3 is 2.93 bits per heavy atom. The van der Waals surface area contributed by atoms with Crippen LogP contribution in [0.25, 0.3) is 10.1 Å². The van der Waals surface area contributed by atoms with Crippen LogP contribution in [-0.2, 0) is 0 Å². The lowest BCUT2D eigenvalue weighted by Gasteiger charge is -2.06. The average molecular weight is 202 g/mol. The van der Waals surface area contributed by atoms with Gasteiger partial charge in [-0.2, -0.15) is 5.26 Å². The summed E-state index contributed by atoms with van der Waals surface area (Å²) in [4.78, 5) is 4.33. The average Bonchev–Trinajstić information content (AvgIpc) is 2.63. The van der Waals surface area contributed by atoms with Crippen LogP contribution in [0.5, 0.6) is 0 Å². The quantitative estimate of drug-likeness (QED) is 0.711. The van der Waals surface area contributed by atoms with Crippen molar-refractivity contribution in [2.24, 2.45) is 0 Å². The van der Waals surface area contributed by atoms with Crippen LogP contribution in [0.3, 0.4) is 0 Å². The van der Waals surface area contributed by atoms with Crippen LogP contribution in [0.2, 0.25) is 0 Å². The molecule has 0 unspecified atom stereocenters. The molecule has 0 aliphatic carbocycles. The molecule has 0 spiro atoms. The smallest absolute Gasteiger partial charge is 0.103 e. The van der Waals surface area contributed by atoms with Gasteiger partial charge >= 0.3 is 0 Å². The van der Waals surface area contributed by atoms with Gasteiger partial charge in [-0.25, -0.2) is 0 Å². The van der Waals surface area contributed by atoms with Crippen LogP contribution in [0.15, 0.2) is 17.6 Å². The van der Waals surface area contributed by atoms with Gasteiger partial charge in [-0.15, -0.1) is 11.3 Å². The molecule has 0 N–H and O–H groups in total. The summed E-state index contributed by atoms with van der Waals surface area (Å²) in [7, 11) is 0. The number of hydrogen-bond donors (Lipinski definition) is 0. The first kappa shape index (κ1) is 9.17. The maximum Gasteiger partial charge on any atom is 0.103 e. The highest BCUT2D eigenvalue weighted by atomic mass is 32.1. The normalized spacial score (nSPS) is 10.7. The van der Waals surface area contributed by atoms with E-state index in [9.17, 15) is 0 Å². The molecular formula is C11H10N2S. The Hall–Kier alpha value is -1.40. The van der Waals surface area contributed by atoms with Gasteiger partial charge in [0.05, 0.1) is 16.0 Å². The summed E-state index contributed by atoms with van der Waals surface area (Å²) in [5.74, 6) is 0.302. The van der Waals surface area contributed by atoms with Crippen molar-refractivity contribution in [1.29, 1.82) is 5.26 Å². The first-order valence-electron chi connectivity index (χ1n) is 4.50. The zero-order valence-electron chi connectivity index (χ0n) is 8.11. The fourth-order valence-corrected chi connectivity index (χ4v) is 2.37. The molecule has 0 atom stereocenters. The summed E-state index contributed by atoms with van der Waals surface area (Å²) >= 11 is 1.61. The third-order valence-corrected chi connectivity index (χ3v) is 3.13. The first-order valence-corrected chi connectivity index (χ1v) is 5.38. The lowest BCUT2D eigenvalue weighted by molar-refractivity contribution is 0.822. The predicted octanol–water partition coefficient (Wildman–Crippen LogP) is 3.29. The van der Waals surface area contributed by atoms with E-state index < -0.39 is 0 Å². The largest absolute Gasteiger partial charge is 0.259 e. The molecule has 2 heterocycles. The number of rotatable bonds is 1. The number of pyridine rings is 1. The zero-order chi connectivity index (χ0) is 10.1. The van der Waals surface area contributed by atoms with Gasteiger partial charge in [-0.05, 0) is 17.4 Å². The third-order valence-electron chi connectivity index (χ3n) is 2.18. The van der Waals surface area contributed by atoms with E-state index in [4.69, 9.17) is 5.26 Å². The number of nitriles is 1. The molecule has 70 valence electrons. The van der Waals surface area contributed by atoms with E-state index in [0.717, 1.165) is 21.3 Å². The minimum Gasteiger partial charge on any atom is -0.259 e. The second kappa shape index (κ2) is 3.39. The van der Waals surface area contributed by atoms with E-state index in [1.165, 1.54) is 0 Å². The molecular weight excluding hydrogens is 192 g/mol. The highest BCUT2D eigenvalue weighted by molar-refractivity contribution is 7.17. The minimum atomic E-state index is 0.302. The predicted molar refractivity (Wildman–Crippen MR) is 58.4 cm³/mol. The monoisotopic (exact) mass is 202 g/mol. The Morgan fingerprint density at radius 1 is 1.50 bits per heavy atom. The van der Waals surface area contributed by atoms with Gasteiger partial charge in [0.1, 0.15) is 6.07 Å². The number of fused-ring (bicyclic) bond motifs is 1. The lowest BCUT2D eigenvalue weighted by Crippen LogP contribution is -1.96. The van der Waals surface area contributed by atoms with Gasteiger partial charge in [-0.1, -0.05) is 13.8 Å². The maximum absolute atomic E-state index is 9.10. The molecule has 14 heavy (non-hydrogen) atoms. The molecule has 0 amide bonds. The fraction of sp³-hybridized carbons (Fsp3) is 0.273. The molecule has 0 saturated heterocycles. The zero-order valence-corrected chi connectivity index (χ0v) is 8.93. The van der Waals surface area contributed by atoms with Gasteiger partial charge < -0.3 is 0 Å². The van der Waals surface area contributed by atoms with Crippen molar-refractivity contribution >= 4 is 21.4 Å². The maximum atomic E-state index is 9.10. The van der Waals surface area contributed by atoms with Gasteiger partial charge in [0, 0.05) is 11.6 Å². The van der Waals surface area contributed by atoms with Crippen molar-refractivity contribution in [2.45, 2.75) is 19.8 Å². The van der Waals surface area contributed by atoms with E-state index >= 15 is 0 Å². The van der Waals surface area contributed by atoms with Crippen molar-refractivity contribution in [1.82, 2.24) is 4.98 Å². The van der Waals surface area contributed by atoms with Crippen LogP contribution in [-0.4, -0.2) is 4.98 Å². The second-order valence-corrected chi connectivity index (χ2v) is 4.41. The van der Waals surface area contributed by atoms with Crippen LogP contribution < -0.4 is 0 Å². The van der Waals surface area contributed by atoms with E-state index in [1.807, 2.05) is 17.6 Å². The molecule has 0 aliphatic rings. The van der Waals surface area contributed by atoms with E-state index in [-0.39, 0.29) is 0 Å². The summed E-state index contributed by atoms with van der Waals surface area (Å²) in [5.41, 5.74) is 1.65. The number of nitrogens with zero attached hydrogens (tertiary/aromatic N) is 2. The fourth-order valence-electron chi connectivity index (χ4n) is 1.49. The Kier molecular flexibility index (Phi) is 2.22. The van der Waals surface area contributed by atoms with Gasteiger partial charge in [0.2, 0.25) is 0 Å². The molecule has 0 bridgehead atoms. The van der Waals surface area contributed by atoms with E-state index in [2.05, 4.69) is 24.9 Å². The number of hydrogen-bond acceptors (Lipinski definition) is 3. The molecule has 0 fully saturated rings. The van der Waals surface area contributed by atoms with E-state index in [0.29, 0.717) is 5.92 Å². The molecule has 2 aromatic heterocycles. The van der Waals surface area contributed by atoms with Crippen molar-refractivity contribution in [3.8, 4) is 6.07 Å². The van der Waals surface area contributed by atoms with Crippen molar-refractivity contribution in [3.63, 3.8) is 0 Å². The first-order chi connectivity index (χ1) is 6.74. The summed E-state index contributed by atoms with van der Waals surface area (Å²) < 4.78 is 1.06. The lowest BCUT2D eigenvalue weighted by atomic mass is 10.0. The summed E-state index contributed by atoms with van der Waals surface area (Å²) in [6.07, 6.45) is 1.85. The van der Waals surface area contributed by atoms with Crippen LogP contribution in [0.1, 0.15) is 31.0 Å². The SMILES string of the molecule is CC(C)c1ncc2ccsc2c1C#N. The molecule has 0 aromatic carbocycles. The summed E-state index contributed by atoms with van der Waals surface area (Å²) in [5, 5.41) is 12.2. The molecule has 2 rings (SSSR count). The minimum absolute atomic E-state index is 0.302. The van der Waals surface area contributed by atoms with Gasteiger partial charge in [-0.3, -0.25) is 4.98 Å².